The van der Waals surface area contributed by atoms with Crippen molar-refractivity contribution in [2.24, 2.45) is 0 Å². The van der Waals surface area contributed by atoms with E-state index in [0.29, 0.717) is 39.0 Å². The van der Waals surface area contributed by atoms with Gasteiger partial charge in [-0.1, -0.05) is 54.6 Å². The third-order valence-corrected chi connectivity index (χ3v) is 14.6. The Morgan fingerprint density at radius 3 is 1.67 bits per heavy atom. The van der Waals surface area contributed by atoms with Crippen molar-refractivity contribution in [2.75, 3.05) is 26.7 Å². The summed E-state index contributed by atoms with van der Waals surface area (Å²) >= 11 is 0. The topological polar surface area (TPSA) is 186 Å². The van der Waals surface area contributed by atoms with E-state index in [1.807, 2.05) is 107 Å². The molecular weight excluding hydrogens is 944 g/mol. The van der Waals surface area contributed by atoms with Crippen molar-refractivity contribution in [3.63, 3.8) is 0 Å². The van der Waals surface area contributed by atoms with Crippen LogP contribution in [-0.2, 0) is 85.8 Å². The predicted molar refractivity (Wildman–Crippen MR) is 270 cm³/mol. The number of aromatic amines is 1. The maximum absolute atomic E-state index is 13.1. The summed E-state index contributed by atoms with van der Waals surface area (Å²) in [4.78, 5) is 54.7. The van der Waals surface area contributed by atoms with Gasteiger partial charge >= 0.3 is 24.1 Å². The first-order chi connectivity index (χ1) is 34.1. The van der Waals surface area contributed by atoms with Crippen LogP contribution in [-0.4, -0.2) is 104 Å². The molecule has 380 valence electrons. The number of H-pyrrole nitrogens is 1. The summed E-state index contributed by atoms with van der Waals surface area (Å²) in [5.41, 5.74) is 8.26. The minimum Gasteiger partial charge on any atom is -0.480 e. The van der Waals surface area contributed by atoms with Crippen LogP contribution in [0.2, 0.25) is 0 Å². The van der Waals surface area contributed by atoms with E-state index in [1.165, 1.54) is 40.2 Å². The van der Waals surface area contributed by atoms with Gasteiger partial charge in [0.2, 0.25) is 10.0 Å². The number of amides is 2. The number of para-hydroxylation sites is 3. The Labute approximate surface area is 417 Å². The molecular formula is C54H61FN6O10S. The fraction of sp³-hybridized carbons (Fsp3) is 0.370. The molecule has 4 aromatic carbocycles. The van der Waals surface area contributed by atoms with Crippen molar-refractivity contribution in [3.05, 3.63) is 137 Å². The molecule has 3 aromatic heterocycles. The van der Waals surface area contributed by atoms with E-state index >= 15 is 0 Å². The van der Waals surface area contributed by atoms with Gasteiger partial charge in [0.25, 0.3) is 0 Å². The van der Waals surface area contributed by atoms with Crippen LogP contribution in [0.3, 0.4) is 0 Å². The van der Waals surface area contributed by atoms with Crippen molar-refractivity contribution in [1.82, 2.24) is 28.2 Å². The number of benzene rings is 4. The number of carbonyl (C=O) groups is 4. The zero-order valence-electron chi connectivity index (χ0n) is 41.7. The molecule has 2 N–H and O–H groups in total. The Hall–Kier alpha value is -7.18. The number of halogens is 1. The third-order valence-electron chi connectivity index (χ3n) is 12.7. The van der Waals surface area contributed by atoms with Gasteiger partial charge in [0.1, 0.15) is 30.1 Å². The first-order valence-corrected chi connectivity index (χ1v) is 25.3. The van der Waals surface area contributed by atoms with Crippen molar-refractivity contribution in [1.29, 1.82) is 0 Å². The molecule has 0 saturated carbocycles. The summed E-state index contributed by atoms with van der Waals surface area (Å²) in [6.45, 7) is 14.1. The lowest BCUT2D eigenvalue weighted by atomic mass is 10.0. The average Bonchev–Trinajstić information content (AvgIpc) is 3.97. The molecule has 18 heteroatoms. The Kier molecular flexibility index (Phi) is 14.6. The second-order valence-corrected chi connectivity index (χ2v) is 21.9. The number of esters is 1. The van der Waals surface area contributed by atoms with Gasteiger partial charge in [-0.2, -0.15) is 4.31 Å². The van der Waals surface area contributed by atoms with E-state index in [4.69, 9.17) is 14.2 Å². The van der Waals surface area contributed by atoms with Gasteiger partial charge in [0.15, 0.2) is 0 Å². The van der Waals surface area contributed by atoms with Gasteiger partial charge < -0.3 is 43.2 Å². The van der Waals surface area contributed by atoms with E-state index < -0.39 is 33.0 Å². The van der Waals surface area contributed by atoms with Crippen molar-refractivity contribution in [2.45, 2.75) is 110 Å². The van der Waals surface area contributed by atoms with Crippen LogP contribution in [0.4, 0.5) is 14.0 Å². The summed E-state index contributed by atoms with van der Waals surface area (Å²) in [7, 11) is -2.37. The molecule has 0 fully saturated rings. The first-order valence-electron chi connectivity index (χ1n) is 23.9. The summed E-state index contributed by atoms with van der Waals surface area (Å²) in [6, 6.07) is 28.3. The molecule has 7 aromatic rings. The molecule has 16 nitrogen and oxygen atoms in total. The number of sulfonamides is 1. The molecule has 0 spiro atoms. The molecule has 6 heterocycles. The second kappa shape index (κ2) is 20.5. The fourth-order valence-corrected chi connectivity index (χ4v) is 11.0. The summed E-state index contributed by atoms with van der Waals surface area (Å²) < 4.78 is 59.9. The second-order valence-electron chi connectivity index (χ2n) is 20.0. The molecule has 0 unspecified atom stereocenters. The highest BCUT2D eigenvalue weighted by molar-refractivity contribution is 7.89. The van der Waals surface area contributed by atoms with Crippen LogP contribution in [0.25, 0.3) is 32.7 Å². The third kappa shape index (κ3) is 11.1. The number of carboxylic acids is 1. The van der Waals surface area contributed by atoms with Crippen LogP contribution < -0.4 is 0 Å². The van der Waals surface area contributed by atoms with Gasteiger partial charge in [-0.3, -0.25) is 9.59 Å². The molecule has 0 aliphatic carbocycles. The van der Waals surface area contributed by atoms with Gasteiger partial charge in [-0.05, 0) is 89.6 Å². The minimum absolute atomic E-state index is 0.0432. The van der Waals surface area contributed by atoms with E-state index in [1.54, 1.807) is 14.4 Å². The highest BCUT2D eigenvalue weighted by Gasteiger charge is 2.33. The van der Waals surface area contributed by atoms with Crippen LogP contribution in [0.15, 0.2) is 102 Å². The number of aliphatic carboxylic acids is 1. The molecule has 0 saturated heterocycles. The number of hydrogen-bond donors (Lipinski definition) is 2. The van der Waals surface area contributed by atoms with Gasteiger partial charge in [0.05, 0.1) is 25.1 Å². The maximum atomic E-state index is 13.1. The number of ether oxygens (including phenoxy) is 3. The fourth-order valence-electron chi connectivity index (χ4n) is 9.56. The lowest BCUT2D eigenvalue weighted by Crippen LogP contribution is -2.40. The summed E-state index contributed by atoms with van der Waals surface area (Å²) in [5, 5.41) is 12.4. The SMILES string of the molecule is CC(C)(C)OC(=O)N1CCc2[nH]c3ccccc3c2C1.COC(=O)Cn1c2c(c3ccccc31)CN(C(=O)OC(C)(C)C)CC2.O=C(O)Cn1c2c(c3ccccc31)CN(S(=O)(=O)c1ccc(F)cc1)CC2. The highest BCUT2D eigenvalue weighted by Crippen LogP contribution is 2.35. The number of carboxylic acid groups (broad SMARTS) is 1. The molecule has 0 radical (unpaired) electrons. The van der Waals surface area contributed by atoms with Crippen LogP contribution in [0.1, 0.15) is 75.3 Å². The number of methoxy groups -OCH3 is 1. The molecule has 2 amide bonds. The van der Waals surface area contributed by atoms with Gasteiger partial charge in [0, 0.05) is 106 Å². The highest BCUT2D eigenvalue weighted by atomic mass is 32.2. The van der Waals surface area contributed by atoms with E-state index in [9.17, 15) is 37.1 Å². The van der Waals surface area contributed by atoms with Crippen LogP contribution in [0, 0.1) is 5.82 Å². The van der Waals surface area contributed by atoms with Crippen molar-refractivity contribution < 1.29 is 51.3 Å². The quantitative estimate of drug-likeness (QED) is 0.120. The summed E-state index contributed by atoms with van der Waals surface area (Å²) in [5.74, 6) is -1.72. The van der Waals surface area contributed by atoms with Gasteiger partial charge in [-0.25, -0.2) is 22.4 Å². The Morgan fingerprint density at radius 1 is 0.625 bits per heavy atom. The largest absolute Gasteiger partial charge is 0.480 e. The number of carbonyl (C=O) groups excluding carboxylic acids is 3. The zero-order valence-corrected chi connectivity index (χ0v) is 42.5. The number of aromatic nitrogens is 3. The number of fused-ring (bicyclic) bond motifs is 9. The number of nitrogens with zero attached hydrogens (tertiary/aromatic N) is 5. The molecule has 3 aliphatic heterocycles. The summed E-state index contributed by atoms with van der Waals surface area (Å²) in [6.07, 6.45) is 1.41. The zero-order chi connectivity index (χ0) is 51.7. The lowest BCUT2D eigenvalue weighted by Gasteiger charge is -2.30. The van der Waals surface area contributed by atoms with E-state index in [0.717, 1.165) is 68.4 Å². The lowest BCUT2D eigenvalue weighted by molar-refractivity contribution is -0.141. The number of nitrogens with one attached hydrogen (secondary N) is 1. The normalized spacial score (nSPS) is 14.8. The molecule has 0 atom stereocenters. The number of rotatable bonds is 6. The Bertz CT molecular complexity index is 3290. The minimum atomic E-state index is -3.76. The number of hydrogen-bond acceptors (Lipinski definition) is 9. The van der Waals surface area contributed by atoms with E-state index in [-0.39, 0.29) is 49.2 Å². The smallest absolute Gasteiger partial charge is 0.410 e. The van der Waals surface area contributed by atoms with Crippen LogP contribution >= 0.6 is 0 Å². The maximum Gasteiger partial charge on any atom is 0.410 e. The molecule has 10 rings (SSSR count). The molecule has 0 bridgehead atoms. The Morgan fingerprint density at radius 2 is 1.11 bits per heavy atom. The van der Waals surface area contributed by atoms with Gasteiger partial charge in [-0.15, -0.1) is 0 Å². The van der Waals surface area contributed by atoms with Crippen LogP contribution in [0.5, 0.6) is 0 Å². The monoisotopic (exact) mass is 1000 g/mol. The Balaban J connectivity index is 0.000000146. The molecule has 3 aliphatic rings. The first kappa shape index (κ1) is 51.2. The predicted octanol–water partition coefficient (Wildman–Crippen LogP) is 9.18. The molecule has 72 heavy (non-hydrogen) atoms. The standard InChI is InChI=1S/C19H17FN2O4S.C19H24N2O4.C16H20N2O2/c20-13-5-7-14(8-6-13)27(25,26)21-10-9-18-16(11-21)15-3-1-2-4-17(15)22(18)12-19(23)24;1-19(2,3)25-18(23)20-10-9-16-14(11-20)13-7-5-6-8-15(13)21(16)12-17(22)24-4;1-16(2,3)20-15(19)18-9-8-14-12(10-18)11-6-4-5-7-13(11)17-14/h1-8H,9-12H2,(H,23,24);5-8H,9-12H2,1-4H3;4-7,17H,8-10H2,1-3H3. The average molecular weight is 1010 g/mol. The van der Waals surface area contributed by atoms with Crippen molar-refractivity contribution in [3.8, 4) is 0 Å². The van der Waals surface area contributed by atoms with Crippen molar-refractivity contribution >= 4 is 66.9 Å². The van der Waals surface area contributed by atoms with E-state index in [2.05, 4.69) is 17.1 Å².